The van der Waals surface area contributed by atoms with Crippen LogP contribution in [0, 0.1) is 11.8 Å². The van der Waals surface area contributed by atoms with Crippen LogP contribution in [-0.4, -0.2) is 34.7 Å². The van der Waals surface area contributed by atoms with Crippen LogP contribution in [0.25, 0.3) is 0 Å². The minimum atomic E-state index is -4.77. The lowest BCUT2D eigenvalue weighted by Gasteiger charge is -2.47. The molecule has 3 aliphatic rings. The van der Waals surface area contributed by atoms with Crippen molar-refractivity contribution < 1.29 is 41.0 Å². The molecular formula is C31H35F6NO3. The van der Waals surface area contributed by atoms with E-state index in [-0.39, 0.29) is 17.9 Å². The number of rotatable bonds is 7. The molecule has 41 heavy (non-hydrogen) atoms. The van der Waals surface area contributed by atoms with Crippen LogP contribution in [0.3, 0.4) is 0 Å². The summed E-state index contributed by atoms with van der Waals surface area (Å²) in [4.78, 5) is 13.6. The van der Waals surface area contributed by atoms with E-state index in [0.29, 0.717) is 50.0 Å². The fraction of sp³-hybridized carbons (Fsp3) is 0.581. The Hall–Kier alpha value is -2.75. The maximum Gasteiger partial charge on any atom is 0.416 e. The first-order chi connectivity index (χ1) is 19.2. The second-order valence-electron chi connectivity index (χ2n) is 11.9. The molecule has 0 bridgehead atoms. The van der Waals surface area contributed by atoms with Crippen LogP contribution in [0.15, 0.2) is 36.4 Å². The van der Waals surface area contributed by atoms with E-state index >= 15 is 0 Å². The predicted octanol–water partition coefficient (Wildman–Crippen LogP) is 8.25. The van der Waals surface area contributed by atoms with Crippen molar-refractivity contribution >= 4 is 5.97 Å². The maximum atomic E-state index is 13.9. The molecule has 2 aromatic rings. The normalized spacial score (nSPS) is 21.6. The summed E-state index contributed by atoms with van der Waals surface area (Å²) < 4.78 is 88.5. The van der Waals surface area contributed by atoms with Crippen molar-refractivity contribution in [3.63, 3.8) is 0 Å². The van der Waals surface area contributed by atoms with Gasteiger partial charge in [-0.05, 0) is 97.7 Å². The molecule has 2 aliphatic heterocycles. The molecule has 224 valence electrons. The lowest BCUT2D eigenvalue weighted by atomic mass is 9.80. The van der Waals surface area contributed by atoms with Crippen LogP contribution in [0.4, 0.5) is 26.3 Å². The van der Waals surface area contributed by atoms with Gasteiger partial charge in [0.25, 0.3) is 0 Å². The summed E-state index contributed by atoms with van der Waals surface area (Å²) in [7, 11) is 0. The van der Waals surface area contributed by atoms with Crippen LogP contribution in [0.5, 0.6) is 5.75 Å². The van der Waals surface area contributed by atoms with Gasteiger partial charge in [0, 0.05) is 19.1 Å². The smallest absolute Gasteiger partial charge is 0.416 e. The molecule has 1 saturated carbocycles. The third-order valence-corrected chi connectivity index (χ3v) is 9.29. The number of nitrogens with zero attached hydrogens (tertiary/aromatic N) is 1. The van der Waals surface area contributed by atoms with Crippen molar-refractivity contribution in [2.75, 3.05) is 13.1 Å². The third-order valence-electron chi connectivity index (χ3n) is 9.29. The average molecular weight is 584 g/mol. The number of aliphatic carboxylic acids is 1. The van der Waals surface area contributed by atoms with Gasteiger partial charge in [-0.1, -0.05) is 26.0 Å². The first kappa shape index (κ1) is 29.7. The molecule has 1 unspecified atom stereocenters. The maximum absolute atomic E-state index is 13.9. The summed E-state index contributed by atoms with van der Waals surface area (Å²) >= 11 is 0. The Morgan fingerprint density at radius 3 is 2.27 bits per heavy atom. The molecule has 2 heterocycles. The highest BCUT2D eigenvalue weighted by molar-refractivity contribution is 5.71. The summed E-state index contributed by atoms with van der Waals surface area (Å²) in [5, 5.41) is 9.66. The molecule has 1 aliphatic carbocycles. The Morgan fingerprint density at radius 2 is 1.71 bits per heavy atom. The Bertz CT molecular complexity index is 1280. The number of halogens is 6. The topological polar surface area (TPSA) is 49.8 Å². The number of benzene rings is 2. The largest absolute Gasteiger partial charge is 0.487 e. The molecule has 1 N–H and O–H groups in total. The number of carbonyl (C=O) groups is 1. The van der Waals surface area contributed by atoms with Gasteiger partial charge in [-0.25, -0.2) is 0 Å². The van der Waals surface area contributed by atoms with E-state index in [0.717, 1.165) is 42.6 Å². The zero-order valence-corrected chi connectivity index (χ0v) is 23.1. The number of hydrogen-bond acceptors (Lipinski definition) is 3. The van der Waals surface area contributed by atoms with Crippen molar-refractivity contribution in [1.82, 2.24) is 4.90 Å². The Balaban J connectivity index is 1.36. The molecule has 3 atom stereocenters. The minimum Gasteiger partial charge on any atom is -0.487 e. The summed E-state index contributed by atoms with van der Waals surface area (Å²) in [5.41, 5.74) is -0.986. The van der Waals surface area contributed by atoms with Gasteiger partial charge in [0.2, 0.25) is 0 Å². The molecule has 5 rings (SSSR count). The first-order valence-corrected chi connectivity index (χ1v) is 14.3. The van der Waals surface area contributed by atoms with E-state index in [1.54, 1.807) is 13.8 Å². The van der Waals surface area contributed by atoms with Gasteiger partial charge >= 0.3 is 18.3 Å². The molecule has 2 aromatic carbocycles. The predicted molar refractivity (Wildman–Crippen MR) is 141 cm³/mol. The van der Waals surface area contributed by atoms with E-state index in [1.807, 2.05) is 23.1 Å². The van der Waals surface area contributed by atoms with Gasteiger partial charge in [0.15, 0.2) is 0 Å². The van der Waals surface area contributed by atoms with E-state index in [4.69, 9.17) is 4.74 Å². The van der Waals surface area contributed by atoms with Gasteiger partial charge in [0.1, 0.15) is 11.4 Å². The number of piperidine rings is 1. The monoisotopic (exact) mass is 583 g/mol. The molecule has 2 fully saturated rings. The highest BCUT2D eigenvalue weighted by atomic mass is 19.4. The average Bonchev–Trinajstić information content (AvgIpc) is 3.74. The number of carboxylic acid groups (broad SMARTS) is 1. The van der Waals surface area contributed by atoms with Gasteiger partial charge in [-0.15, -0.1) is 0 Å². The minimum absolute atomic E-state index is 0.0956. The summed E-state index contributed by atoms with van der Waals surface area (Å²) in [6, 6.07) is 6.87. The molecule has 1 saturated heterocycles. The molecule has 0 radical (unpaired) electrons. The number of fused-ring (bicyclic) bond motifs is 1. The third kappa shape index (κ3) is 6.08. The number of carboxylic acids is 1. The number of likely N-dealkylation sites (tertiary alicyclic amines) is 1. The van der Waals surface area contributed by atoms with Crippen LogP contribution in [-0.2, 0) is 23.6 Å². The highest BCUT2D eigenvalue weighted by Gasteiger charge is 2.44. The van der Waals surface area contributed by atoms with Crippen molar-refractivity contribution in [1.29, 1.82) is 0 Å². The van der Waals surface area contributed by atoms with Crippen molar-refractivity contribution in [2.24, 2.45) is 11.8 Å². The second kappa shape index (κ2) is 10.8. The zero-order chi connectivity index (χ0) is 29.7. The fourth-order valence-corrected chi connectivity index (χ4v) is 6.85. The highest BCUT2D eigenvalue weighted by Crippen LogP contribution is 2.49. The summed E-state index contributed by atoms with van der Waals surface area (Å²) in [6.45, 7) is 4.21. The van der Waals surface area contributed by atoms with E-state index < -0.39 is 47.0 Å². The molecule has 10 heteroatoms. The van der Waals surface area contributed by atoms with Crippen molar-refractivity contribution in [3.8, 4) is 5.75 Å². The molecule has 4 nitrogen and oxygen atoms in total. The van der Waals surface area contributed by atoms with E-state index in [2.05, 4.69) is 0 Å². The summed E-state index contributed by atoms with van der Waals surface area (Å²) in [5.74, 6) is -0.381. The van der Waals surface area contributed by atoms with E-state index in [9.17, 15) is 36.2 Å². The van der Waals surface area contributed by atoms with Gasteiger partial charge in [0.05, 0.1) is 17.0 Å². The lowest BCUT2D eigenvalue weighted by molar-refractivity contribution is -0.142. The number of hydrogen-bond donors (Lipinski definition) is 1. The van der Waals surface area contributed by atoms with Crippen LogP contribution < -0.4 is 4.74 Å². The summed E-state index contributed by atoms with van der Waals surface area (Å²) in [6.07, 6.45) is -4.72. The second-order valence-corrected chi connectivity index (χ2v) is 11.9. The van der Waals surface area contributed by atoms with Gasteiger partial charge in [-0.3, -0.25) is 9.69 Å². The fourth-order valence-electron chi connectivity index (χ4n) is 6.85. The van der Waals surface area contributed by atoms with Crippen molar-refractivity contribution in [3.05, 3.63) is 64.2 Å². The molecule has 0 amide bonds. The molecule has 0 aromatic heterocycles. The van der Waals surface area contributed by atoms with E-state index in [1.165, 1.54) is 0 Å². The van der Waals surface area contributed by atoms with Gasteiger partial charge < -0.3 is 9.84 Å². The zero-order valence-electron chi connectivity index (χ0n) is 23.1. The standard InChI is InChI=1S/C31H35F6NO3/c1-3-25(23-17-22(30(32,33)34)8-9-24(23)31(35,36)37)38-14-12-29(13-15-38)11-10-19-4-7-21(16-26(19)41-29)27(20-5-6-20)18(2)28(39)40/h4,7-9,16-18,20,25,27H,3,5-6,10-15H2,1-2H3,(H,39,40)/t18-,25-,27?/m0/s1. The lowest BCUT2D eigenvalue weighted by Crippen LogP contribution is -2.50. The van der Waals surface area contributed by atoms with Crippen LogP contribution in [0.1, 0.15) is 92.1 Å². The first-order valence-electron chi connectivity index (χ1n) is 14.3. The Kier molecular flexibility index (Phi) is 7.85. The SMILES string of the molecule is CC[C@@H](c1cc(C(F)(F)F)ccc1C(F)(F)F)N1CCC2(CCc3ccc(C(C4CC4)[C@H](C)C(=O)O)cc3O2)CC1. The number of ether oxygens (including phenoxy) is 1. The Labute approximate surface area is 235 Å². The number of aryl methyl sites for hydroxylation is 1. The Morgan fingerprint density at radius 1 is 1.02 bits per heavy atom. The van der Waals surface area contributed by atoms with Crippen LogP contribution >= 0.6 is 0 Å². The van der Waals surface area contributed by atoms with Crippen LogP contribution in [0.2, 0.25) is 0 Å². The van der Waals surface area contributed by atoms with Gasteiger partial charge in [-0.2, -0.15) is 26.3 Å². The molecule has 1 spiro atoms. The quantitative estimate of drug-likeness (QED) is 0.334. The molecular weight excluding hydrogens is 548 g/mol. The van der Waals surface area contributed by atoms with Crippen molar-refractivity contribution in [2.45, 2.75) is 88.7 Å². The number of alkyl halides is 6.